The predicted octanol–water partition coefficient (Wildman–Crippen LogP) is 2.36. The van der Waals surface area contributed by atoms with E-state index in [1.165, 1.54) is 5.56 Å². The van der Waals surface area contributed by atoms with Gasteiger partial charge in [-0.2, -0.15) is 0 Å². The first-order valence-corrected chi connectivity index (χ1v) is 8.07. The lowest BCUT2D eigenvalue weighted by Crippen LogP contribution is -2.49. The molecule has 0 saturated heterocycles. The number of amides is 3. The minimum atomic E-state index is -0.712. The highest BCUT2D eigenvalue weighted by Crippen LogP contribution is 2.18. The van der Waals surface area contributed by atoms with Gasteiger partial charge in [-0.15, -0.1) is 0 Å². The molecule has 0 saturated carbocycles. The molecule has 0 spiro atoms. The van der Waals surface area contributed by atoms with Crippen LogP contribution in [0.1, 0.15) is 46.1 Å². The van der Waals surface area contributed by atoms with Crippen LogP contribution in [-0.2, 0) is 14.3 Å². The van der Waals surface area contributed by atoms with Gasteiger partial charge in [-0.25, -0.2) is 9.59 Å². The van der Waals surface area contributed by atoms with Crippen molar-refractivity contribution in [2.45, 2.75) is 46.1 Å². The quantitative estimate of drug-likeness (QED) is 0.768. The fourth-order valence-corrected chi connectivity index (χ4v) is 1.81. The number of ether oxygens (including phenoxy) is 2. The van der Waals surface area contributed by atoms with E-state index in [9.17, 15) is 14.4 Å². The summed E-state index contributed by atoms with van der Waals surface area (Å²) in [6.07, 6.45) is 0. The summed E-state index contributed by atoms with van der Waals surface area (Å²) in [5, 5.41) is 4.64. The topological polar surface area (TPSA) is 93.7 Å². The van der Waals surface area contributed by atoms with E-state index in [0.717, 1.165) is 0 Å². The van der Waals surface area contributed by atoms with Gasteiger partial charge >= 0.3 is 12.0 Å². The summed E-state index contributed by atoms with van der Waals surface area (Å²) >= 11 is 0. The Labute approximate surface area is 148 Å². The van der Waals surface area contributed by atoms with Gasteiger partial charge in [-0.1, -0.05) is 26.0 Å². The van der Waals surface area contributed by atoms with Crippen LogP contribution in [0.5, 0.6) is 5.75 Å². The molecule has 0 bridgehead atoms. The maximum atomic E-state index is 11.6. The van der Waals surface area contributed by atoms with Crippen LogP contribution in [0, 0.1) is 0 Å². The molecule has 7 heteroatoms. The van der Waals surface area contributed by atoms with Crippen molar-refractivity contribution in [1.82, 2.24) is 10.6 Å². The predicted molar refractivity (Wildman–Crippen MR) is 93.4 cm³/mol. The van der Waals surface area contributed by atoms with Gasteiger partial charge in [-0.05, 0) is 44.4 Å². The Morgan fingerprint density at radius 2 is 1.64 bits per heavy atom. The molecule has 0 heterocycles. The van der Waals surface area contributed by atoms with Gasteiger partial charge in [-0.3, -0.25) is 10.1 Å². The van der Waals surface area contributed by atoms with Crippen LogP contribution in [0.4, 0.5) is 4.79 Å². The molecule has 25 heavy (non-hydrogen) atoms. The average Bonchev–Trinajstić information content (AvgIpc) is 2.49. The SMILES string of the molecule is CC(C)c1ccc(OCC(=O)OCC(=O)NC(=O)NC(C)(C)C)cc1. The largest absolute Gasteiger partial charge is 0.482 e. The van der Waals surface area contributed by atoms with Crippen LogP contribution in [0.25, 0.3) is 0 Å². The Morgan fingerprint density at radius 3 is 2.16 bits per heavy atom. The van der Waals surface area contributed by atoms with Gasteiger partial charge in [0.15, 0.2) is 13.2 Å². The van der Waals surface area contributed by atoms with Gasteiger partial charge in [0.25, 0.3) is 5.91 Å². The van der Waals surface area contributed by atoms with Crippen molar-refractivity contribution < 1.29 is 23.9 Å². The van der Waals surface area contributed by atoms with E-state index in [1.54, 1.807) is 32.9 Å². The molecule has 0 aromatic heterocycles. The maximum absolute atomic E-state index is 11.6. The molecule has 1 rings (SSSR count). The van der Waals surface area contributed by atoms with E-state index in [2.05, 4.69) is 24.5 Å². The Hall–Kier alpha value is -2.57. The fraction of sp³-hybridized carbons (Fsp3) is 0.500. The second-order valence-electron chi connectivity index (χ2n) is 6.93. The molecule has 138 valence electrons. The molecule has 0 atom stereocenters. The molecular weight excluding hydrogens is 324 g/mol. The minimum Gasteiger partial charge on any atom is -0.482 e. The molecule has 0 aliphatic heterocycles. The Balaban J connectivity index is 2.30. The van der Waals surface area contributed by atoms with Crippen molar-refractivity contribution in [2.24, 2.45) is 0 Å². The second kappa shape index (κ2) is 9.05. The highest BCUT2D eigenvalue weighted by atomic mass is 16.6. The first-order valence-electron chi connectivity index (χ1n) is 8.07. The number of hydrogen-bond donors (Lipinski definition) is 2. The van der Waals surface area contributed by atoms with E-state index in [-0.39, 0.29) is 6.61 Å². The summed E-state index contributed by atoms with van der Waals surface area (Å²) in [4.78, 5) is 34.6. The van der Waals surface area contributed by atoms with Crippen LogP contribution in [0.2, 0.25) is 0 Å². The number of esters is 1. The van der Waals surface area contributed by atoms with Crippen molar-refractivity contribution >= 4 is 17.9 Å². The van der Waals surface area contributed by atoms with E-state index in [4.69, 9.17) is 9.47 Å². The molecule has 2 N–H and O–H groups in total. The van der Waals surface area contributed by atoms with Gasteiger partial charge in [0.1, 0.15) is 5.75 Å². The average molecular weight is 350 g/mol. The molecule has 0 unspecified atom stereocenters. The third kappa shape index (κ3) is 8.74. The minimum absolute atomic E-state index is 0.317. The Kier molecular flexibility index (Phi) is 7.42. The van der Waals surface area contributed by atoms with Crippen LogP contribution < -0.4 is 15.4 Å². The molecule has 3 amide bonds. The summed E-state index contributed by atoms with van der Waals surface area (Å²) in [7, 11) is 0. The normalized spacial score (nSPS) is 11.0. The zero-order chi connectivity index (χ0) is 19.0. The van der Waals surface area contributed by atoms with E-state index in [0.29, 0.717) is 11.7 Å². The lowest BCUT2D eigenvalue weighted by molar-refractivity contribution is -0.150. The summed E-state index contributed by atoms with van der Waals surface area (Å²) < 4.78 is 10.1. The van der Waals surface area contributed by atoms with E-state index >= 15 is 0 Å². The lowest BCUT2D eigenvalue weighted by atomic mass is 10.0. The first-order chi connectivity index (χ1) is 11.6. The maximum Gasteiger partial charge on any atom is 0.344 e. The Morgan fingerprint density at radius 1 is 1.04 bits per heavy atom. The second-order valence-corrected chi connectivity index (χ2v) is 6.93. The molecule has 0 radical (unpaired) electrons. The number of benzene rings is 1. The van der Waals surface area contributed by atoms with E-state index in [1.807, 2.05) is 12.1 Å². The van der Waals surface area contributed by atoms with Crippen LogP contribution in [0.15, 0.2) is 24.3 Å². The molecule has 1 aromatic rings. The summed E-state index contributed by atoms with van der Waals surface area (Å²) in [6, 6.07) is 6.74. The fourth-order valence-electron chi connectivity index (χ4n) is 1.81. The number of carbonyl (C=O) groups is 3. The van der Waals surface area contributed by atoms with Crippen molar-refractivity contribution in [3.63, 3.8) is 0 Å². The number of nitrogens with one attached hydrogen (secondary N) is 2. The summed E-state index contributed by atoms with van der Waals surface area (Å²) in [5.74, 6) is -0.459. The lowest BCUT2D eigenvalue weighted by Gasteiger charge is -2.20. The third-order valence-corrected chi connectivity index (χ3v) is 3.01. The summed E-state index contributed by atoms with van der Waals surface area (Å²) in [6.45, 7) is 8.64. The molecule has 0 aliphatic carbocycles. The van der Waals surface area contributed by atoms with Crippen molar-refractivity contribution in [1.29, 1.82) is 0 Å². The van der Waals surface area contributed by atoms with Crippen molar-refractivity contribution in [2.75, 3.05) is 13.2 Å². The molecule has 0 aliphatic rings. The van der Waals surface area contributed by atoms with Crippen LogP contribution >= 0.6 is 0 Å². The zero-order valence-corrected chi connectivity index (χ0v) is 15.3. The molecular formula is C18H26N2O5. The highest BCUT2D eigenvalue weighted by Gasteiger charge is 2.16. The monoisotopic (exact) mass is 350 g/mol. The third-order valence-electron chi connectivity index (χ3n) is 3.01. The standard InChI is InChI=1S/C18H26N2O5/c1-12(2)13-6-8-14(9-7-13)24-11-16(22)25-10-15(21)19-17(23)20-18(3,4)5/h6-9,12H,10-11H2,1-5H3,(H2,19,20,21,23). The summed E-state index contributed by atoms with van der Waals surface area (Å²) in [5.41, 5.74) is 0.695. The smallest absolute Gasteiger partial charge is 0.344 e. The number of imide groups is 1. The van der Waals surface area contributed by atoms with Gasteiger partial charge in [0.05, 0.1) is 0 Å². The van der Waals surface area contributed by atoms with E-state index < -0.39 is 30.1 Å². The number of hydrogen-bond acceptors (Lipinski definition) is 5. The molecule has 1 aromatic carbocycles. The van der Waals surface area contributed by atoms with Crippen LogP contribution in [0.3, 0.4) is 0 Å². The van der Waals surface area contributed by atoms with Gasteiger partial charge in [0.2, 0.25) is 0 Å². The molecule has 0 fully saturated rings. The number of rotatable bonds is 6. The highest BCUT2D eigenvalue weighted by molar-refractivity contribution is 5.95. The number of carbonyl (C=O) groups excluding carboxylic acids is 3. The first kappa shape index (κ1) is 20.5. The number of urea groups is 1. The van der Waals surface area contributed by atoms with Crippen LogP contribution in [-0.4, -0.2) is 36.7 Å². The molecule has 7 nitrogen and oxygen atoms in total. The van der Waals surface area contributed by atoms with Gasteiger partial charge in [0, 0.05) is 5.54 Å². The van der Waals surface area contributed by atoms with Crippen molar-refractivity contribution in [3.05, 3.63) is 29.8 Å². The Bertz CT molecular complexity index is 603. The van der Waals surface area contributed by atoms with Gasteiger partial charge < -0.3 is 14.8 Å². The zero-order valence-electron chi connectivity index (χ0n) is 15.3. The van der Waals surface area contributed by atoms with Crippen molar-refractivity contribution in [3.8, 4) is 5.75 Å².